The molecule has 0 atom stereocenters. The third-order valence-corrected chi connectivity index (χ3v) is 7.08. The Hall–Kier alpha value is -1.61. The Balaban J connectivity index is 0.000000628. The molecule has 0 N–H and O–H groups in total. The van der Waals surface area contributed by atoms with Crippen molar-refractivity contribution in [3.05, 3.63) is 140 Å². The van der Waals surface area contributed by atoms with Gasteiger partial charge in [0.2, 0.25) is 0 Å². The molecule has 0 aliphatic heterocycles. The van der Waals surface area contributed by atoms with Crippen LogP contribution in [0.25, 0.3) is 5.16 Å². The minimum Gasteiger partial charge on any atom is -0.797 e. The summed E-state index contributed by atoms with van der Waals surface area (Å²) in [5.41, 5.74) is 0. The van der Waals surface area contributed by atoms with E-state index >= 15 is 0 Å². The molecule has 0 saturated heterocycles. The van der Waals surface area contributed by atoms with Crippen LogP contribution < -0.4 is 15.9 Å². The van der Waals surface area contributed by atoms with Gasteiger partial charge in [-0.2, -0.15) is 18.2 Å². The summed E-state index contributed by atoms with van der Waals surface area (Å²) < 4.78 is 0. The van der Waals surface area contributed by atoms with Crippen molar-refractivity contribution in [3.63, 3.8) is 0 Å². The fourth-order valence-electron chi connectivity index (χ4n) is 2.70. The molecule has 0 radical (unpaired) electrons. The van der Waals surface area contributed by atoms with Gasteiger partial charge in [-0.05, 0) is 15.9 Å². The summed E-state index contributed by atoms with van der Waals surface area (Å²) in [5.74, 6) is 0. The van der Waals surface area contributed by atoms with E-state index in [1.54, 1.807) is 0 Å². The largest absolute Gasteiger partial charge is 0.797 e. The Kier molecular flexibility index (Phi) is 16.2. The third-order valence-electron chi connectivity index (χ3n) is 3.95. The standard InChI is InChI=1S/C18H15NP.C5H5.2C4H11Si.Ti/c19-20(16-10-4-1-5-11-16,17-12-6-2-7-13-17)18-14-8-3-9-15-18;1-2-4-5-3-1;2*1-5(2,3)4;/h1-15H;1-5H;2*1H2,2-4H3;/q4*-1;. The van der Waals surface area contributed by atoms with Crippen molar-refractivity contribution in [2.75, 3.05) is 0 Å². The molecule has 0 aliphatic rings. The summed E-state index contributed by atoms with van der Waals surface area (Å²) in [4.78, 5) is 0. The first-order chi connectivity index (χ1) is 16.3. The van der Waals surface area contributed by atoms with Crippen LogP contribution in [0.4, 0.5) is 0 Å². The Morgan fingerprint density at radius 1 is 0.528 bits per heavy atom. The van der Waals surface area contributed by atoms with Gasteiger partial charge in [0.05, 0.1) is 0 Å². The van der Waals surface area contributed by atoms with Gasteiger partial charge < -0.3 is 18.3 Å². The van der Waals surface area contributed by atoms with E-state index in [2.05, 4.69) is 52.4 Å². The molecular formula is C31H42NPSi2Ti-4. The molecule has 0 spiro atoms. The average Bonchev–Trinajstić information content (AvgIpc) is 3.39. The van der Waals surface area contributed by atoms with Crippen molar-refractivity contribution in [1.29, 1.82) is 0 Å². The molecule has 4 rings (SSSR count). The summed E-state index contributed by atoms with van der Waals surface area (Å²) >= 11 is 0. The first-order valence-corrected chi connectivity index (χ1v) is 21.1. The first kappa shape index (κ1) is 34.4. The number of hydrogen-bond donors (Lipinski definition) is 0. The van der Waals surface area contributed by atoms with Crippen molar-refractivity contribution in [2.24, 2.45) is 0 Å². The SMILES string of the molecule is [CH2-][Si](C)(C)C.[CH2-][Si](C)(C)C.[N-]=P(c1ccccc1)(c1ccccc1)c1ccccc1.[Ti].c1cc[cH-]c1. The van der Waals surface area contributed by atoms with Crippen LogP contribution >= 0.6 is 7.05 Å². The smallest absolute Gasteiger partial charge is 0 e. The topological polar surface area (TPSA) is 22.3 Å². The van der Waals surface area contributed by atoms with Crippen molar-refractivity contribution >= 4 is 39.1 Å². The second-order valence-electron chi connectivity index (χ2n) is 10.7. The van der Waals surface area contributed by atoms with E-state index in [0.717, 1.165) is 15.9 Å². The van der Waals surface area contributed by atoms with E-state index < -0.39 is 23.2 Å². The number of rotatable bonds is 3. The van der Waals surface area contributed by atoms with Crippen molar-refractivity contribution < 1.29 is 21.7 Å². The van der Waals surface area contributed by atoms with Crippen molar-refractivity contribution in [1.82, 2.24) is 0 Å². The predicted molar refractivity (Wildman–Crippen MR) is 168 cm³/mol. The zero-order valence-corrected chi connectivity index (χ0v) is 27.3. The van der Waals surface area contributed by atoms with Gasteiger partial charge in [0.15, 0.2) is 0 Å². The fourth-order valence-corrected chi connectivity index (χ4v) is 5.40. The van der Waals surface area contributed by atoms with Crippen LogP contribution in [0, 0.1) is 13.1 Å². The maximum absolute atomic E-state index is 11.5. The molecule has 4 aromatic carbocycles. The maximum Gasteiger partial charge on any atom is 0 e. The van der Waals surface area contributed by atoms with E-state index in [-0.39, 0.29) is 21.7 Å². The van der Waals surface area contributed by atoms with Gasteiger partial charge >= 0.3 is 0 Å². The molecular weight excluding hydrogens is 521 g/mol. The van der Waals surface area contributed by atoms with Crippen molar-refractivity contribution in [3.8, 4) is 0 Å². The molecule has 0 unspecified atom stereocenters. The zero-order chi connectivity index (χ0) is 26.4. The molecule has 36 heavy (non-hydrogen) atoms. The molecule has 0 heterocycles. The molecule has 1 nitrogen and oxygen atoms in total. The van der Waals surface area contributed by atoms with Crippen LogP contribution in [0.1, 0.15) is 0 Å². The van der Waals surface area contributed by atoms with Gasteiger partial charge in [-0.15, -0.1) is 23.2 Å². The van der Waals surface area contributed by atoms with Crippen LogP contribution in [0.2, 0.25) is 39.3 Å². The van der Waals surface area contributed by atoms with Crippen LogP contribution in [0.3, 0.4) is 0 Å². The van der Waals surface area contributed by atoms with E-state index in [0.29, 0.717) is 0 Å². The molecule has 192 valence electrons. The van der Waals surface area contributed by atoms with Crippen LogP contribution in [-0.2, 0) is 21.7 Å². The van der Waals surface area contributed by atoms with Gasteiger partial charge in [0.1, 0.15) is 0 Å². The van der Waals surface area contributed by atoms with E-state index in [9.17, 15) is 5.16 Å². The van der Waals surface area contributed by atoms with Gasteiger partial charge in [-0.1, -0.05) is 130 Å². The first-order valence-electron chi connectivity index (χ1n) is 12.0. The maximum atomic E-state index is 11.5. The Labute approximate surface area is 238 Å². The molecule has 4 aromatic rings. The second kappa shape index (κ2) is 17.0. The monoisotopic (exact) mass is 563 g/mol. The van der Waals surface area contributed by atoms with Gasteiger partial charge in [0, 0.05) is 21.7 Å². The number of hydrogen-bond acceptors (Lipinski definition) is 0. The second-order valence-corrected chi connectivity index (χ2v) is 23.8. The average molecular weight is 564 g/mol. The van der Waals surface area contributed by atoms with E-state index in [1.165, 1.54) is 0 Å². The fraction of sp³-hybridized carbons (Fsp3) is 0.194. The predicted octanol–water partition coefficient (Wildman–Crippen LogP) is 8.53. The summed E-state index contributed by atoms with van der Waals surface area (Å²) in [7, 11) is -4.25. The van der Waals surface area contributed by atoms with Gasteiger partial charge in [-0.3, -0.25) is 0 Å². The number of nitrogens with zero attached hydrogens (tertiary/aromatic N) is 1. The summed E-state index contributed by atoms with van der Waals surface area (Å²) in [6, 6.07) is 39.8. The number of benzene rings is 3. The Morgan fingerprint density at radius 2 is 0.750 bits per heavy atom. The third kappa shape index (κ3) is 15.5. The quantitative estimate of drug-likeness (QED) is 0.135. The molecule has 0 aromatic heterocycles. The normalized spacial score (nSPS) is 10.7. The van der Waals surface area contributed by atoms with Gasteiger partial charge in [0.25, 0.3) is 0 Å². The Morgan fingerprint density at radius 3 is 0.917 bits per heavy atom. The molecule has 0 fully saturated rings. The van der Waals surface area contributed by atoms with Crippen molar-refractivity contribution in [2.45, 2.75) is 39.3 Å². The molecule has 0 bridgehead atoms. The molecule has 0 aliphatic carbocycles. The van der Waals surface area contributed by atoms with Crippen LogP contribution in [0.5, 0.6) is 0 Å². The minimum atomic E-state index is -2.53. The minimum absolute atomic E-state index is 0. The molecule has 0 saturated carbocycles. The summed E-state index contributed by atoms with van der Waals surface area (Å²) in [6.07, 6.45) is 0. The Bertz CT molecular complexity index is 942. The summed E-state index contributed by atoms with van der Waals surface area (Å²) in [6.45, 7) is 21.1. The summed E-state index contributed by atoms with van der Waals surface area (Å²) in [5, 5.41) is 14.5. The molecule has 0 amide bonds. The van der Waals surface area contributed by atoms with E-state index in [4.69, 9.17) is 0 Å². The molecule has 5 heteroatoms. The van der Waals surface area contributed by atoms with Gasteiger partial charge in [-0.25, -0.2) is 12.1 Å². The van der Waals surface area contributed by atoms with Crippen LogP contribution in [0.15, 0.2) is 121 Å². The zero-order valence-electron chi connectivity index (χ0n) is 22.9. The van der Waals surface area contributed by atoms with Crippen LogP contribution in [-0.4, -0.2) is 16.1 Å². The van der Waals surface area contributed by atoms with E-state index in [1.807, 2.05) is 121 Å².